The van der Waals surface area contributed by atoms with Gasteiger partial charge in [-0.05, 0) is 12.8 Å². The van der Waals surface area contributed by atoms with E-state index >= 15 is 0 Å². The van der Waals surface area contributed by atoms with Crippen molar-refractivity contribution in [3.05, 3.63) is 0 Å². The summed E-state index contributed by atoms with van der Waals surface area (Å²) in [5.74, 6) is 0.453. The smallest absolute Gasteiger partial charge is 0.246 e. The second kappa shape index (κ2) is 8.97. The summed E-state index contributed by atoms with van der Waals surface area (Å²) in [6.07, 6.45) is 0. The Hall–Kier alpha value is -0.610. The number of carbonyl (C=O) groups is 1. The first kappa shape index (κ1) is 13.4. The van der Waals surface area contributed by atoms with E-state index < -0.39 is 0 Å². The second-order valence-corrected chi connectivity index (χ2v) is 3.46. The molecule has 4 heteroatoms. The van der Waals surface area contributed by atoms with Crippen LogP contribution in [0.15, 0.2) is 0 Å². The lowest BCUT2D eigenvalue weighted by molar-refractivity contribution is -0.125. The summed E-state index contributed by atoms with van der Waals surface area (Å²) in [7, 11) is 0. The topological polar surface area (TPSA) is 47.6 Å². The summed E-state index contributed by atoms with van der Waals surface area (Å²) < 4.78 is 10.2. The largest absolute Gasteiger partial charge is 0.379 e. The number of ether oxygens (including phenoxy) is 2. The minimum atomic E-state index is -0.0833. The van der Waals surface area contributed by atoms with Gasteiger partial charge in [-0.25, -0.2) is 0 Å². The van der Waals surface area contributed by atoms with Crippen molar-refractivity contribution in [1.29, 1.82) is 0 Å². The maximum Gasteiger partial charge on any atom is 0.246 e. The highest BCUT2D eigenvalue weighted by molar-refractivity contribution is 5.77. The summed E-state index contributed by atoms with van der Waals surface area (Å²) in [6.45, 7) is 8.61. The van der Waals surface area contributed by atoms with E-state index in [0.717, 1.165) is 6.61 Å². The summed E-state index contributed by atoms with van der Waals surface area (Å²) >= 11 is 0. The van der Waals surface area contributed by atoms with Crippen molar-refractivity contribution in [3.8, 4) is 0 Å². The maximum absolute atomic E-state index is 11.0. The van der Waals surface area contributed by atoms with Crippen LogP contribution in [0.1, 0.15) is 20.8 Å². The molecule has 14 heavy (non-hydrogen) atoms. The van der Waals surface area contributed by atoms with Gasteiger partial charge in [0.25, 0.3) is 0 Å². The van der Waals surface area contributed by atoms with Gasteiger partial charge in [-0.15, -0.1) is 0 Å². The molecule has 0 aromatic heterocycles. The molecule has 4 nitrogen and oxygen atoms in total. The van der Waals surface area contributed by atoms with E-state index in [2.05, 4.69) is 19.2 Å². The first-order valence-corrected chi connectivity index (χ1v) is 5.09. The Kier molecular flexibility index (Phi) is 8.57. The third-order valence-corrected chi connectivity index (χ3v) is 1.46. The monoisotopic (exact) mass is 203 g/mol. The predicted molar refractivity (Wildman–Crippen MR) is 55.2 cm³/mol. The van der Waals surface area contributed by atoms with Crippen molar-refractivity contribution in [2.75, 3.05) is 33.0 Å². The molecular formula is C10H21NO3. The molecule has 0 saturated heterocycles. The number of nitrogens with one attached hydrogen (secondary N) is 1. The van der Waals surface area contributed by atoms with E-state index in [1.165, 1.54) is 0 Å². The number of hydrogen-bond acceptors (Lipinski definition) is 3. The van der Waals surface area contributed by atoms with Crippen molar-refractivity contribution in [2.45, 2.75) is 20.8 Å². The summed E-state index contributed by atoms with van der Waals surface area (Å²) in [4.78, 5) is 11.0. The van der Waals surface area contributed by atoms with Gasteiger partial charge in [-0.3, -0.25) is 4.79 Å². The summed E-state index contributed by atoms with van der Waals surface area (Å²) in [5, 5.41) is 2.70. The van der Waals surface area contributed by atoms with E-state index in [4.69, 9.17) is 9.47 Å². The van der Waals surface area contributed by atoms with Crippen LogP contribution in [0.25, 0.3) is 0 Å². The third-order valence-electron chi connectivity index (χ3n) is 1.46. The van der Waals surface area contributed by atoms with Gasteiger partial charge in [0.1, 0.15) is 6.61 Å². The number of rotatable bonds is 8. The average Bonchev–Trinajstić information content (AvgIpc) is 2.13. The van der Waals surface area contributed by atoms with Crippen LogP contribution in [-0.2, 0) is 14.3 Å². The molecule has 0 saturated carbocycles. The van der Waals surface area contributed by atoms with Crippen molar-refractivity contribution in [1.82, 2.24) is 5.32 Å². The Morgan fingerprint density at radius 1 is 1.36 bits per heavy atom. The highest BCUT2D eigenvalue weighted by Crippen LogP contribution is 1.90. The molecule has 0 bridgehead atoms. The molecular weight excluding hydrogens is 182 g/mol. The molecule has 84 valence electrons. The van der Waals surface area contributed by atoms with Crippen molar-refractivity contribution in [3.63, 3.8) is 0 Å². The molecule has 0 aliphatic heterocycles. The zero-order chi connectivity index (χ0) is 10.8. The van der Waals surface area contributed by atoms with Crippen LogP contribution < -0.4 is 5.32 Å². The van der Waals surface area contributed by atoms with Crippen molar-refractivity contribution in [2.24, 2.45) is 5.92 Å². The fourth-order valence-electron chi connectivity index (χ4n) is 0.827. The van der Waals surface area contributed by atoms with Crippen molar-refractivity contribution >= 4 is 5.91 Å². The molecule has 0 unspecified atom stereocenters. The quantitative estimate of drug-likeness (QED) is 0.594. The lowest BCUT2D eigenvalue weighted by Gasteiger charge is -2.07. The molecule has 1 amide bonds. The SMILES string of the molecule is CCOCC(=O)NCCOCC(C)C. The number of carbonyl (C=O) groups excluding carboxylic acids is 1. The Morgan fingerprint density at radius 3 is 2.64 bits per heavy atom. The molecule has 0 aromatic rings. The molecule has 0 fully saturated rings. The first-order valence-electron chi connectivity index (χ1n) is 5.09. The first-order chi connectivity index (χ1) is 6.66. The molecule has 0 spiro atoms. The normalized spacial score (nSPS) is 10.6. The minimum Gasteiger partial charge on any atom is -0.379 e. The lowest BCUT2D eigenvalue weighted by atomic mass is 10.2. The molecule has 0 aromatic carbocycles. The summed E-state index contributed by atoms with van der Waals surface area (Å²) in [6, 6.07) is 0. The van der Waals surface area contributed by atoms with Crippen LogP contribution in [0.3, 0.4) is 0 Å². The van der Waals surface area contributed by atoms with Crippen LogP contribution >= 0.6 is 0 Å². The van der Waals surface area contributed by atoms with E-state index in [9.17, 15) is 4.79 Å². The van der Waals surface area contributed by atoms with E-state index in [1.54, 1.807) is 0 Å². The fraction of sp³-hybridized carbons (Fsp3) is 0.900. The molecule has 0 aliphatic rings. The standard InChI is InChI=1S/C10H21NO3/c1-4-13-8-10(12)11-5-6-14-7-9(2)3/h9H,4-8H2,1-3H3,(H,11,12). The van der Waals surface area contributed by atoms with Crippen molar-refractivity contribution < 1.29 is 14.3 Å². The van der Waals surface area contributed by atoms with Gasteiger partial charge in [0, 0.05) is 19.8 Å². The fourth-order valence-corrected chi connectivity index (χ4v) is 0.827. The molecule has 0 aliphatic carbocycles. The van der Waals surface area contributed by atoms with Crippen LogP contribution in [-0.4, -0.2) is 38.9 Å². The molecule has 0 atom stereocenters. The maximum atomic E-state index is 11.0. The Morgan fingerprint density at radius 2 is 2.07 bits per heavy atom. The highest BCUT2D eigenvalue weighted by atomic mass is 16.5. The van der Waals surface area contributed by atoms with Gasteiger partial charge < -0.3 is 14.8 Å². The van der Waals surface area contributed by atoms with E-state index in [1.807, 2.05) is 6.92 Å². The van der Waals surface area contributed by atoms with Gasteiger partial charge in [0.2, 0.25) is 5.91 Å². The average molecular weight is 203 g/mol. The zero-order valence-electron chi connectivity index (χ0n) is 9.34. The van der Waals surface area contributed by atoms with Crippen LogP contribution in [0.5, 0.6) is 0 Å². The predicted octanol–water partition coefficient (Wildman–Crippen LogP) is 0.812. The Labute approximate surface area is 86.0 Å². The summed E-state index contributed by atoms with van der Waals surface area (Å²) in [5.41, 5.74) is 0. The molecule has 1 N–H and O–H groups in total. The van der Waals surface area contributed by atoms with Crippen LogP contribution in [0, 0.1) is 5.92 Å². The van der Waals surface area contributed by atoms with Crippen LogP contribution in [0.2, 0.25) is 0 Å². The number of hydrogen-bond donors (Lipinski definition) is 1. The molecule has 0 radical (unpaired) electrons. The minimum absolute atomic E-state index is 0.0833. The van der Waals surface area contributed by atoms with Gasteiger partial charge in [-0.1, -0.05) is 13.8 Å². The van der Waals surface area contributed by atoms with Gasteiger partial charge >= 0.3 is 0 Å². The molecule has 0 heterocycles. The third kappa shape index (κ3) is 9.48. The number of amides is 1. The highest BCUT2D eigenvalue weighted by Gasteiger charge is 1.99. The van der Waals surface area contributed by atoms with E-state index in [-0.39, 0.29) is 12.5 Å². The van der Waals surface area contributed by atoms with E-state index in [0.29, 0.717) is 25.7 Å². The zero-order valence-corrected chi connectivity index (χ0v) is 9.34. The van der Waals surface area contributed by atoms with Gasteiger partial charge in [-0.2, -0.15) is 0 Å². The molecule has 0 rings (SSSR count). The second-order valence-electron chi connectivity index (χ2n) is 3.46. The lowest BCUT2D eigenvalue weighted by Crippen LogP contribution is -2.30. The van der Waals surface area contributed by atoms with Crippen LogP contribution in [0.4, 0.5) is 0 Å². The van der Waals surface area contributed by atoms with Gasteiger partial charge in [0.15, 0.2) is 0 Å². The Bertz CT molecular complexity index is 148. The Balaban J connectivity index is 3.15. The van der Waals surface area contributed by atoms with Gasteiger partial charge in [0.05, 0.1) is 6.61 Å².